The molecule has 1 heterocycles. The zero-order chi connectivity index (χ0) is 13.0. The van der Waals surface area contributed by atoms with Crippen LogP contribution in [0.3, 0.4) is 0 Å². The Kier molecular flexibility index (Phi) is 4.69. The van der Waals surface area contributed by atoms with E-state index in [9.17, 15) is 0 Å². The van der Waals surface area contributed by atoms with Crippen molar-refractivity contribution in [3.63, 3.8) is 0 Å². The van der Waals surface area contributed by atoms with Gasteiger partial charge in [0.05, 0.1) is 6.61 Å². The molecule has 1 aliphatic rings. The van der Waals surface area contributed by atoms with E-state index in [2.05, 4.69) is 24.0 Å². The summed E-state index contributed by atoms with van der Waals surface area (Å²) in [5.74, 6) is 0. The summed E-state index contributed by atoms with van der Waals surface area (Å²) >= 11 is 5.00. The van der Waals surface area contributed by atoms with Crippen molar-refractivity contribution in [3.05, 3.63) is 34.9 Å². The van der Waals surface area contributed by atoms with E-state index in [0.29, 0.717) is 4.99 Å². The molecule has 0 atom stereocenters. The normalized spacial score (nSPS) is 17.4. The number of aryl methyl sites for hydroxylation is 1. The molecule has 0 aliphatic carbocycles. The van der Waals surface area contributed by atoms with Crippen LogP contribution in [0.25, 0.3) is 0 Å². The largest absolute Gasteiger partial charge is 0.389 e. The number of rotatable bonds is 3. The molecule has 0 aromatic heterocycles. The van der Waals surface area contributed by atoms with Gasteiger partial charge in [-0.1, -0.05) is 24.4 Å². The second kappa shape index (κ2) is 6.27. The molecule has 2 rings (SSSR count). The molecule has 0 saturated carbocycles. The Balaban J connectivity index is 2.06. The quantitative estimate of drug-likeness (QED) is 0.846. The molecule has 0 radical (unpaired) electrons. The Morgan fingerprint density at radius 2 is 2.22 bits per heavy atom. The fourth-order valence-corrected chi connectivity index (χ4v) is 2.35. The molecule has 2 N–H and O–H groups in total. The maximum Gasteiger partial charge on any atom is 0.103 e. The van der Waals surface area contributed by atoms with Crippen molar-refractivity contribution >= 4 is 17.2 Å². The maximum atomic E-state index is 5.64. The molecule has 18 heavy (non-hydrogen) atoms. The van der Waals surface area contributed by atoms with E-state index < -0.39 is 0 Å². The lowest BCUT2D eigenvalue weighted by Crippen LogP contribution is -2.26. The fourth-order valence-electron chi connectivity index (χ4n) is 2.22. The van der Waals surface area contributed by atoms with E-state index in [1.165, 1.54) is 11.1 Å². The highest BCUT2D eigenvalue weighted by Crippen LogP contribution is 2.14. The molecule has 4 heteroatoms. The van der Waals surface area contributed by atoms with E-state index in [4.69, 9.17) is 22.7 Å². The number of hydrogen-bond donors (Lipinski definition) is 1. The van der Waals surface area contributed by atoms with Crippen molar-refractivity contribution in [3.8, 4) is 0 Å². The van der Waals surface area contributed by atoms with Gasteiger partial charge >= 0.3 is 0 Å². The van der Waals surface area contributed by atoms with Crippen LogP contribution in [0.15, 0.2) is 18.2 Å². The highest BCUT2D eigenvalue weighted by molar-refractivity contribution is 7.80. The van der Waals surface area contributed by atoms with Crippen LogP contribution in [-0.4, -0.2) is 36.2 Å². The molecule has 1 saturated heterocycles. The van der Waals surface area contributed by atoms with Crippen molar-refractivity contribution in [1.82, 2.24) is 4.90 Å². The third-order valence-electron chi connectivity index (χ3n) is 3.34. The highest BCUT2D eigenvalue weighted by atomic mass is 32.1. The molecule has 1 aromatic rings. The van der Waals surface area contributed by atoms with Crippen molar-refractivity contribution in [2.24, 2.45) is 5.73 Å². The van der Waals surface area contributed by atoms with Gasteiger partial charge in [0.1, 0.15) is 4.99 Å². The van der Waals surface area contributed by atoms with Gasteiger partial charge in [0.25, 0.3) is 0 Å². The van der Waals surface area contributed by atoms with Crippen molar-refractivity contribution in [2.45, 2.75) is 19.9 Å². The summed E-state index contributed by atoms with van der Waals surface area (Å²) in [6, 6.07) is 6.22. The van der Waals surface area contributed by atoms with Gasteiger partial charge in [-0.2, -0.15) is 0 Å². The molecule has 1 aromatic carbocycles. The lowest BCUT2D eigenvalue weighted by atomic mass is 10.0. The number of hydrogen-bond acceptors (Lipinski definition) is 3. The summed E-state index contributed by atoms with van der Waals surface area (Å²) in [4.78, 5) is 2.91. The lowest BCUT2D eigenvalue weighted by Gasteiger charge is -2.20. The highest BCUT2D eigenvalue weighted by Gasteiger charge is 2.11. The number of thiocarbonyl (C=S) groups is 1. The molecule has 0 bridgehead atoms. The topological polar surface area (TPSA) is 38.5 Å². The molecular weight excluding hydrogens is 244 g/mol. The monoisotopic (exact) mass is 264 g/mol. The van der Waals surface area contributed by atoms with E-state index in [1.807, 2.05) is 6.07 Å². The molecule has 3 nitrogen and oxygen atoms in total. The molecule has 98 valence electrons. The van der Waals surface area contributed by atoms with Gasteiger partial charge in [-0.05, 0) is 30.5 Å². The minimum atomic E-state index is 0.466. The molecule has 0 unspecified atom stereocenters. The molecule has 0 spiro atoms. The van der Waals surface area contributed by atoms with Gasteiger partial charge in [-0.15, -0.1) is 0 Å². The maximum absolute atomic E-state index is 5.64. The molecule has 1 aliphatic heterocycles. The Morgan fingerprint density at radius 3 is 2.94 bits per heavy atom. The van der Waals surface area contributed by atoms with Crippen LogP contribution in [0.5, 0.6) is 0 Å². The van der Waals surface area contributed by atoms with Crippen LogP contribution < -0.4 is 5.73 Å². The van der Waals surface area contributed by atoms with E-state index in [1.54, 1.807) is 0 Å². The molecule has 1 fully saturated rings. The first-order chi connectivity index (χ1) is 8.66. The summed E-state index contributed by atoms with van der Waals surface area (Å²) in [7, 11) is 0. The zero-order valence-corrected chi connectivity index (χ0v) is 11.6. The third-order valence-corrected chi connectivity index (χ3v) is 3.57. The predicted octanol–water partition coefficient (Wildman–Crippen LogP) is 1.85. The minimum Gasteiger partial charge on any atom is -0.389 e. The fraction of sp³-hybridized carbons (Fsp3) is 0.500. The predicted molar refractivity (Wildman–Crippen MR) is 77.8 cm³/mol. The first-order valence-electron chi connectivity index (χ1n) is 6.36. The number of nitrogens with zero attached hydrogens (tertiary/aromatic N) is 1. The van der Waals surface area contributed by atoms with Crippen LogP contribution in [0.4, 0.5) is 0 Å². The Hall–Kier alpha value is -0.970. The third kappa shape index (κ3) is 3.51. The van der Waals surface area contributed by atoms with Gasteiger partial charge in [0, 0.05) is 31.8 Å². The van der Waals surface area contributed by atoms with Crippen LogP contribution in [0.1, 0.15) is 23.1 Å². The van der Waals surface area contributed by atoms with Crippen molar-refractivity contribution in [2.75, 3.05) is 26.3 Å². The van der Waals surface area contributed by atoms with E-state index >= 15 is 0 Å². The lowest BCUT2D eigenvalue weighted by molar-refractivity contribution is 0.140. The minimum absolute atomic E-state index is 0.466. The Morgan fingerprint density at radius 1 is 1.39 bits per heavy atom. The zero-order valence-electron chi connectivity index (χ0n) is 10.8. The second-order valence-corrected chi connectivity index (χ2v) is 5.19. The van der Waals surface area contributed by atoms with Crippen LogP contribution in [0, 0.1) is 6.92 Å². The smallest absolute Gasteiger partial charge is 0.103 e. The standard InChI is InChI=1S/C14H20N2OS/c1-11-9-12(14(15)18)3-4-13(11)10-16-5-2-7-17-8-6-16/h3-4,9H,2,5-8,10H2,1H3,(H2,15,18). The second-order valence-electron chi connectivity index (χ2n) is 4.75. The van der Waals surface area contributed by atoms with Crippen LogP contribution in [-0.2, 0) is 11.3 Å². The first-order valence-corrected chi connectivity index (χ1v) is 6.77. The van der Waals surface area contributed by atoms with Gasteiger partial charge in [0.15, 0.2) is 0 Å². The first kappa shape index (κ1) is 13.5. The average molecular weight is 264 g/mol. The summed E-state index contributed by atoms with van der Waals surface area (Å²) in [5.41, 5.74) is 9.19. The summed E-state index contributed by atoms with van der Waals surface area (Å²) < 4.78 is 5.47. The van der Waals surface area contributed by atoms with E-state index in [-0.39, 0.29) is 0 Å². The van der Waals surface area contributed by atoms with Crippen LogP contribution >= 0.6 is 12.2 Å². The summed E-state index contributed by atoms with van der Waals surface area (Å²) in [5, 5.41) is 0. The van der Waals surface area contributed by atoms with Gasteiger partial charge in [0.2, 0.25) is 0 Å². The SMILES string of the molecule is Cc1cc(C(N)=S)ccc1CN1CCCOCC1. The van der Waals surface area contributed by atoms with Crippen LogP contribution in [0.2, 0.25) is 0 Å². The Bertz CT molecular complexity index is 426. The molecule has 0 amide bonds. The summed E-state index contributed by atoms with van der Waals surface area (Å²) in [6.45, 7) is 6.94. The van der Waals surface area contributed by atoms with Crippen molar-refractivity contribution in [1.29, 1.82) is 0 Å². The summed E-state index contributed by atoms with van der Waals surface area (Å²) in [6.07, 6.45) is 1.12. The Labute approximate surface area is 114 Å². The van der Waals surface area contributed by atoms with Gasteiger partial charge < -0.3 is 10.5 Å². The average Bonchev–Trinajstić information content (AvgIpc) is 2.60. The number of nitrogens with two attached hydrogens (primary N) is 1. The van der Waals surface area contributed by atoms with E-state index in [0.717, 1.165) is 44.8 Å². The van der Waals surface area contributed by atoms with Crippen molar-refractivity contribution < 1.29 is 4.74 Å². The number of ether oxygens (including phenoxy) is 1. The number of benzene rings is 1. The molecular formula is C14H20N2OS. The van der Waals surface area contributed by atoms with Gasteiger partial charge in [-0.3, -0.25) is 4.90 Å². The van der Waals surface area contributed by atoms with Gasteiger partial charge in [-0.25, -0.2) is 0 Å².